The van der Waals surface area contributed by atoms with Crippen LogP contribution in [0.4, 0.5) is 0 Å². The Kier molecular flexibility index (Phi) is 19.8. The first-order valence-corrected chi connectivity index (χ1v) is 23.7. The van der Waals surface area contributed by atoms with E-state index in [1.807, 2.05) is 93.4 Å². The minimum Gasteiger partial charge on any atom is -0.379 e. The maximum absolute atomic E-state index is 14.6. The predicted molar refractivity (Wildman–Crippen MR) is 249 cm³/mol. The van der Waals surface area contributed by atoms with Crippen molar-refractivity contribution >= 4 is 35.0 Å². The van der Waals surface area contributed by atoms with Crippen molar-refractivity contribution in [2.45, 2.75) is 149 Å². The van der Waals surface area contributed by atoms with Crippen LogP contribution in [0, 0.1) is 23.7 Å². The van der Waals surface area contributed by atoms with Crippen LogP contribution in [0.25, 0.3) is 0 Å². The number of nitrogens with one attached hydrogen (secondary N) is 2. The molecule has 0 spiro atoms. The fraction of sp³-hybridized carbons (Fsp3) is 0.667. The Morgan fingerprint density at radius 3 is 2.17 bits per heavy atom. The highest BCUT2D eigenvalue weighted by Crippen LogP contribution is 2.31. The molecule has 2 N–H and O–H groups in total. The fourth-order valence-electron chi connectivity index (χ4n) is 9.31. The van der Waals surface area contributed by atoms with Crippen LogP contribution in [0.1, 0.15) is 116 Å². The number of aromatic nitrogens is 3. The molecule has 1 aliphatic heterocycles. The van der Waals surface area contributed by atoms with Crippen LogP contribution in [-0.2, 0) is 41.6 Å². The average Bonchev–Trinajstić information content (AvgIpc) is 4.06. The normalized spacial score (nSPS) is 18.2. The van der Waals surface area contributed by atoms with E-state index < -0.39 is 36.3 Å². The number of hydrogen-bond donors (Lipinski definition) is 2. The molecule has 15 heteroatoms. The summed E-state index contributed by atoms with van der Waals surface area (Å²) in [5, 5.41) is 9.12. The summed E-state index contributed by atoms with van der Waals surface area (Å²) < 4.78 is 14.3. The summed E-state index contributed by atoms with van der Waals surface area (Å²) >= 11 is 1.51. The summed E-state index contributed by atoms with van der Waals surface area (Å²) in [6.45, 7) is 19.1. The summed E-state index contributed by atoms with van der Waals surface area (Å²) in [7, 11) is 6.86. The summed E-state index contributed by atoms with van der Waals surface area (Å²) in [5.41, 5.74) is 1.09. The van der Waals surface area contributed by atoms with Crippen LogP contribution >= 0.6 is 11.3 Å². The molecule has 1 fully saturated rings. The first kappa shape index (κ1) is 51.5. The lowest BCUT2D eigenvalue weighted by molar-refractivity contribution is -0.148. The van der Waals surface area contributed by atoms with Crippen LogP contribution in [0.3, 0.4) is 0 Å². The van der Waals surface area contributed by atoms with Crippen molar-refractivity contribution in [3.8, 4) is 0 Å². The zero-order valence-corrected chi connectivity index (χ0v) is 40.9. The Morgan fingerprint density at radius 1 is 0.905 bits per heavy atom. The Bertz CT molecular complexity index is 1870. The van der Waals surface area contributed by atoms with Gasteiger partial charge in [-0.3, -0.25) is 24.1 Å². The Hall–Kier alpha value is -4.18. The molecular weight excluding hydrogens is 817 g/mol. The fourth-order valence-corrected chi connectivity index (χ4v) is 10.00. The summed E-state index contributed by atoms with van der Waals surface area (Å²) in [5.74, 6) is -0.735. The van der Waals surface area contributed by atoms with E-state index in [-0.39, 0.29) is 65.9 Å². The Balaban J connectivity index is 1.49. The molecule has 0 unspecified atom stereocenters. The number of likely N-dealkylation sites (tertiary alicyclic amines) is 1. The highest BCUT2D eigenvalue weighted by molar-refractivity contribution is 7.09. The van der Waals surface area contributed by atoms with Gasteiger partial charge < -0.3 is 34.5 Å². The second-order valence-corrected chi connectivity index (χ2v) is 19.3. The number of amides is 4. The number of thiazole rings is 1. The molecular formula is C48H76N8O6S. The number of hydrogen-bond acceptors (Lipinski definition) is 10. The van der Waals surface area contributed by atoms with E-state index in [9.17, 15) is 19.2 Å². The van der Waals surface area contributed by atoms with Crippen LogP contribution in [-0.4, -0.2) is 124 Å². The lowest BCUT2D eigenvalue weighted by atomic mass is 9.89. The van der Waals surface area contributed by atoms with Crippen molar-refractivity contribution < 1.29 is 28.7 Å². The highest BCUT2D eigenvalue weighted by Gasteiger charge is 2.43. The van der Waals surface area contributed by atoms with Gasteiger partial charge in [0.05, 0.1) is 55.3 Å². The molecule has 9 atom stereocenters. The van der Waals surface area contributed by atoms with Gasteiger partial charge in [0, 0.05) is 57.8 Å². The average molecular weight is 893 g/mol. The number of rotatable bonds is 24. The third-order valence-corrected chi connectivity index (χ3v) is 13.8. The maximum Gasteiger partial charge on any atom is 0.245 e. The second kappa shape index (κ2) is 24.2. The van der Waals surface area contributed by atoms with E-state index in [1.54, 1.807) is 38.6 Å². The van der Waals surface area contributed by atoms with E-state index in [0.717, 1.165) is 29.2 Å². The zero-order chi connectivity index (χ0) is 46.5. The van der Waals surface area contributed by atoms with E-state index in [2.05, 4.69) is 52.9 Å². The Labute approximate surface area is 380 Å². The molecule has 4 amide bonds. The van der Waals surface area contributed by atoms with Gasteiger partial charge in [-0.15, -0.1) is 11.3 Å². The number of methoxy groups -OCH3 is 2. The van der Waals surface area contributed by atoms with Gasteiger partial charge in [0.25, 0.3) is 0 Å². The van der Waals surface area contributed by atoms with Crippen LogP contribution < -0.4 is 10.6 Å². The van der Waals surface area contributed by atoms with Crippen LogP contribution in [0.5, 0.6) is 0 Å². The summed E-state index contributed by atoms with van der Waals surface area (Å²) in [6, 6.07) is 7.82. The minimum atomic E-state index is -0.810. The predicted octanol–water partition coefficient (Wildman–Crippen LogP) is 6.54. The summed E-state index contributed by atoms with van der Waals surface area (Å²) in [4.78, 5) is 71.9. The molecule has 1 saturated heterocycles. The van der Waals surface area contributed by atoms with Gasteiger partial charge >= 0.3 is 0 Å². The second-order valence-electron chi connectivity index (χ2n) is 18.4. The first-order chi connectivity index (χ1) is 29.9. The Morgan fingerprint density at radius 2 is 1.60 bits per heavy atom. The number of likely N-dealkylation sites (N-methyl/N-ethyl adjacent to an activating group) is 2. The van der Waals surface area contributed by atoms with Crippen LogP contribution in [0.2, 0.25) is 0 Å². The van der Waals surface area contributed by atoms with Crippen molar-refractivity contribution in [3.05, 3.63) is 70.7 Å². The molecule has 0 radical (unpaired) electrons. The topological polar surface area (TPSA) is 151 Å². The SMILES string of the molecule is CC[C@H](C)[C@@H]([C@@H](CC(=O)N1CCC[C@H]1[C@H](OC)[C@@H](C)C(=O)N[C@@H](Cc1ccccc1)c1nccs1)OC)N(C)C(=O)[C@@H](NC(=O)[C@H](C(C)C)N(C)Cc1nccn1C(C)C)C(C)C. The molecule has 350 valence electrons. The number of imidazole rings is 1. The highest BCUT2D eigenvalue weighted by atomic mass is 32.1. The number of benzene rings is 1. The third kappa shape index (κ3) is 13.2. The number of carbonyl (C=O) groups is 4. The largest absolute Gasteiger partial charge is 0.379 e. The third-order valence-electron chi connectivity index (χ3n) is 12.9. The lowest BCUT2D eigenvalue weighted by Gasteiger charge is -2.41. The van der Waals surface area contributed by atoms with Gasteiger partial charge in [-0.25, -0.2) is 9.97 Å². The summed E-state index contributed by atoms with van der Waals surface area (Å²) in [6.07, 6.45) is 7.11. The number of carbonyl (C=O) groups excluding carboxylic acids is 4. The van der Waals surface area contributed by atoms with E-state index in [4.69, 9.17) is 9.47 Å². The van der Waals surface area contributed by atoms with Crippen LogP contribution in [0.15, 0.2) is 54.3 Å². The molecule has 3 heterocycles. The standard InChI is InChI=1S/C48H76N8O6S/c1-14-33(8)43(54(11)48(60)41(30(2)3)52-46(59)42(31(4)5)53(10)29-39-49-22-25-55(39)32(6)7)38(61-12)28-40(57)56-24-18-21-37(56)44(62-13)34(9)45(58)51-36(47-50-23-26-63-47)27-35-19-16-15-17-20-35/h15-17,19-20,22-23,25-26,30-34,36-38,41-44H,14,18,21,24,27-29H2,1-13H3,(H,51,58)(H,52,59)/t33-,34+,36-,37-,38+,41-,42-,43-,44+/m0/s1. The smallest absolute Gasteiger partial charge is 0.245 e. The first-order valence-electron chi connectivity index (χ1n) is 22.8. The lowest BCUT2D eigenvalue weighted by Crippen LogP contribution is -2.60. The van der Waals surface area contributed by atoms with E-state index in [1.165, 1.54) is 11.3 Å². The van der Waals surface area contributed by atoms with Gasteiger partial charge in [-0.1, -0.05) is 85.2 Å². The van der Waals surface area contributed by atoms with E-state index >= 15 is 0 Å². The zero-order valence-electron chi connectivity index (χ0n) is 40.1. The minimum absolute atomic E-state index is 0.0326. The monoisotopic (exact) mass is 893 g/mol. The molecule has 63 heavy (non-hydrogen) atoms. The number of nitrogens with zero attached hydrogens (tertiary/aromatic N) is 6. The molecule has 1 aliphatic rings. The van der Waals surface area contributed by atoms with Gasteiger partial charge in [-0.05, 0) is 63.5 Å². The van der Waals surface area contributed by atoms with Crippen molar-refractivity contribution in [1.82, 2.24) is 39.9 Å². The molecule has 0 saturated carbocycles. The molecule has 2 aromatic heterocycles. The molecule has 0 bridgehead atoms. The van der Waals surface area contributed by atoms with Gasteiger partial charge in [0.2, 0.25) is 23.6 Å². The van der Waals surface area contributed by atoms with Gasteiger partial charge in [-0.2, -0.15) is 0 Å². The maximum atomic E-state index is 14.6. The molecule has 0 aliphatic carbocycles. The van der Waals surface area contributed by atoms with Gasteiger partial charge in [0.15, 0.2) is 0 Å². The van der Waals surface area contributed by atoms with Crippen molar-refractivity contribution in [3.63, 3.8) is 0 Å². The molecule has 1 aromatic carbocycles. The molecule has 14 nitrogen and oxygen atoms in total. The van der Waals surface area contributed by atoms with Gasteiger partial charge in [0.1, 0.15) is 16.9 Å². The molecule has 4 rings (SSSR count). The number of ether oxygens (including phenoxy) is 2. The van der Waals surface area contributed by atoms with Crippen molar-refractivity contribution in [2.75, 3.05) is 34.9 Å². The quantitative estimate of drug-likeness (QED) is 0.102. The van der Waals surface area contributed by atoms with Crippen molar-refractivity contribution in [2.24, 2.45) is 23.7 Å². The van der Waals surface area contributed by atoms with E-state index in [0.29, 0.717) is 25.9 Å². The molecule has 3 aromatic rings. The van der Waals surface area contributed by atoms with Crippen molar-refractivity contribution in [1.29, 1.82) is 0 Å².